The zero-order valence-electron chi connectivity index (χ0n) is 7.49. The fourth-order valence-electron chi connectivity index (χ4n) is 2.20. The molecule has 0 aromatic rings. The molecule has 1 aliphatic heterocycles. The lowest BCUT2D eigenvalue weighted by atomic mass is 9.77. The number of primary amides is 1. The van der Waals surface area contributed by atoms with E-state index in [0.717, 1.165) is 19.4 Å². The Bertz CT molecular complexity index is 269. The van der Waals surface area contributed by atoms with Gasteiger partial charge in [0.2, 0.25) is 5.91 Å². The molecule has 1 heterocycles. The number of rotatable bonds is 1. The molecule has 2 aliphatic rings. The lowest BCUT2D eigenvalue weighted by Crippen LogP contribution is -2.45. The summed E-state index contributed by atoms with van der Waals surface area (Å²) in [5.74, 6) is -0.256. The fraction of sp³-hybridized carbons (Fsp3) is 0.500. The van der Waals surface area contributed by atoms with Gasteiger partial charge in [-0.15, -0.1) is 0 Å². The summed E-state index contributed by atoms with van der Waals surface area (Å²) in [4.78, 5) is 11.2. The van der Waals surface area contributed by atoms with Crippen molar-refractivity contribution in [3.05, 3.63) is 24.3 Å². The molecular formula is C10H14N2O. The molecule has 0 radical (unpaired) electrons. The third-order valence-corrected chi connectivity index (χ3v) is 2.86. The standard InChI is InChI=1S/C10H14N2O/c11-9(13)8-10(6-7-12-8)4-2-1-3-5-10/h2-5,8,12H,1,6-7H2,(H2,11,13). The molecule has 3 N–H and O–H groups in total. The van der Waals surface area contributed by atoms with Crippen LogP contribution < -0.4 is 11.1 Å². The molecule has 0 aromatic heterocycles. The van der Waals surface area contributed by atoms with Crippen molar-refractivity contribution in [1.82, 2.24) is 5.32 Å². The molecule has 1 spiro atoms. The zero-order chi connectivity index (χ0) is 9.31. The van der Waals surface area contributed by atoms with Crippen LogP contribution in [0.5, 0.6) is 0 Å². The van der Waals surface area contributed by atoms with Crippen LogP contribution in [-0.4, -0.2) is 18.5 Å². The number of carbonyl (C=O) groups excluding carboxylic acids is 1. The van der Waals surface area contributed by atoms with Gasteiger partial charge in [-0.1, -0.05) is 24.3 Å². The van der Waals surface area contributed by atoms with E-state index in [1.807, 2.05) is 0 Å². The van der Waals surface area contributed by atoms with Crippen LogP contribution in [0, 0.1) is 5.41 Å². The number of hydrogen-bond acceptors (Lipinski definition) is 2. The molecular weight excluding hydrogens is 164 g/mol. The summed E-state index contributed by atoms with van der Waals surface area (Å²) in [5.41, 5.74) is 5.20. The van der Waals surface area contributed by atoms with Gasteiger partial charge >= 0.3 is 0 Å². The summed E-state index contributed by atoms with van der Waals surface area (Å²) in [7, 11) is 0. The van der Waals surface area contributed by atoms with Gasteiger partial charge in [-0.25, -0.2) is 0 Å². The summed E-state index contributed by atoms with van der Waals surface area (Å²) in [6.45, 7) is 0.863. The van der Waals surface area contributed by atoms with Crippen LogP contribution in [0.25, 0.3) is 0 Å². The predicted molar refractivity (Wildman–Crippen MR) is 50.9 cm³/mol. The largest absolute Gasteiger partial charge is 0.368 e. The third kappa shape index (κ3) is 1.29. The topological polar surface area (TPSA) is 55.1 Å². The molecule has 1 fully saturated rings. The van der Waals surface area contributed by atoms with Crippen LogP contribution in [0.4, 0.5) is 0 Å². The number of nitrogens with two attached hydrogens (primary N) is 1. The van der Waals surface area contributed by atoms with E-state index in [-0.39, 0.29) is 17.4 Å². The first-order chi connectivity index (χ1) is 6.25. The highest BCUT2D eigenvalue weighted by molar-refractivity contribution is 5.82. The summed E-state index contributed by atoms with van der Waals surface area (Å²) in [6, 6.07) is -0.222. The molecule has 1 atom stereocenters. The Balaban J connectivity index is 2.29. The van der Waals surface area contributed by atoms with Gasteiger partial charge in [-0.05, 0) is 19.4 Å². The van der Waals surface area contributed by atoms with E-state index in [9.17, 15) is 4.79 Å². The number of amides is 1. The normalized spacial score (nSPS) is 29.7. The number of nitrogens with one attached hydrogen (secondary N) is 1. The fourth-order valence-corrected chi connectivity index (χ4v) is 2.20. The van der Waals surface area contributed by atoms with Crippen LogP contribution in [-0.2, 0) is 4.79 Å². The first-order valence-corrected chi connectivity index (χ1v) is 4.63. The van der Waals surface area contributed by atoms with Gasteiger partial charge < -0.3 is 11.1 Å². The number of carbonyl (C=O) groups is 1. The SMILES string of the molecule is NC(=O)C1NCCC12C=CCC=C2. The van der Waals surface area contributed by atoms with Gasteiger partial charge in [0, 0.05) is 5.41 Å². The maximum Gasteiger partial charge on any atom is 0.235 e. The van der Waals surface area contributed by atoms with Crippen LogP contribution in [0.2, 0.25) is 0 Å². The molecule has 70 valence electrons. The Labute approximate surface area is 77.7 Å². The van der Waals surface area contributed by atoms with Crippen molar-refractivity contribution >= 4 is 5.91 Å². The maximum absolute atomic E-state index is 11.2. The number of hydrogen-bond donors (Lipinski definition) is 2. The minimum atomic E-state index is -0.256. The second kappa shape index (κ2) is 3.00. The summed E-state index contributed by atoms with van der Waals surface area (Å²) in [6.07, 6.45) is 10.4. The lowest BCUT2D eigenvalue weighted by Gasteiger charge is -2.28. The van der Waals surface area contributed by atoms with E-state index in [1.54, 1.807) is 0 Å². The minimum absolute atomic E-state index is 0.135. The Morgan fingerprint density at radius 3 is 2.77 bits per heavy atom. The Hall–Kier alpha value is -1.09. The quantitative estimate of drug-likeness (QED) is 0.569. The Morgan fingerprint density at radius 1 is 1.46 bits per heavy atom. The molecule has 1 saturated heterocycles. The lowest BCUT2D eigenvalue weighted by molar-refractivity contribution is -0.120. The molecule has 0 aromatic carbocycles. The summed E-state index contributed by atoms with van der Waals surface area (Å²) in [5, 5.41) is 3.14. The highest BCUT2D eigenvalue weighted by atomic mass is 16.1. The van der Waals surface area contributed by atoms with Gasteiger partial charge in [0.05, 0.1) is 6.04 Å². The van der Waals surface area contributed by atoms with Gasteiger partial charge in [-0.2, -0.15) is 0 Å². The monoisotopic (exact) mass is 178 g/mol. The van der Waals surface area contributed by atoms with E-state index in [0.29, 0.717) is 0 Å². The molecule has 0 saturated carbocycles. The molecule has 1 unspecified atom stereocenters. The third-order valence-electron chi connectivity index (χ3n) is 2.86. The van der Waals surface area contributed by atoms with Crippen molar-refractivity contribution in [3.8, 4) is 0 Å². The molecule has 1 aliphatic carbocycles. The number of allylic oxidation sites excluding steroid dienone is 2. The van der Waals surface area contributed by atoms with E-state index >= 15 is 0 Å². The van der Waals surface area contributed by atoms with E-state index in [1.165, 1.54) is 0 Å². The van der Waals surface area contributed by atoms with Crippen molar-refractivity contribution in [2.24, 2.45) is 11.1 Å². The van der Waals surface area contributed by atoms with Gasteiger partial charge in [0.15, 0.2) is 0 Å². The maximum atomic E-state index is 11.2. The highest BCUT2D eigenvalue weighted by Crippen LogP contribution is 2.36. The van der Waals surface area contributed by atoms with Crippen LogP contribution in [0.15, 0.2) is 24.3 Å². The van der Waals surface area contributed by atoms with Crippen LogP contribution in [0.1, 0.15) is 12.8 Å². The Kier molecular flexibility index (Phi) is 1.96. The Morgan fingerprint density at radius 2 is 2.15 bits per heavy atom. The molecule has 13 heavy (non-hydrogen) atoms. The van der Waals surface area contributed by atoms with Gasteiger partial charge in [0.25, 0.3) is 0 Å². The summed E-state index contributed by atoms with van der Waals surface area (Å²) < 4.78 is 0. The zero-order valence-corrected chi connectivity index (χ0v) is 7.49. The van der Waals surface area contributed by atoms with Crippen molar-refractivity contribution < 1.29 is 4.79 Å². The van der Waals surface area contributed by atoms with Crippen LogP contribution >= 0.6 is 0 Å². The first-order valence-electron chi connectivity index (χ1n) is 4.63. The average Bonchev–Trinajstić information content (AvgIpc) is 2.50. The average molecular weight is 178 g/mol. The molecule has 2 rings (SSSR count). The second-order valence-electron chi connectivity index (χ2n) is 3.69. The van der Waals surface area contributed by atoms with Gasteiger partial charge in [-0.3, -0.25) is 4.79 Å². The second-order valence-corrected chi connectivity index (χ2v) is 3.69. The first kappa shape index (κ1) is 8.51. The van der Waals surface area contributed by atoms with Gasteiger partial charge in [0.1, 0.15) is 0 Å². The molecule has 3 nitrogen and oxygen atoms in total. The van der Waals surface area contributed by atoms with Crippen LogP contribution in [0.3, 0.4) is 0 Å². The van der Waals surface area contributed by atoms with Crippen molar-refractivity contribution in [2.75, 3.05) is 6.54 Å². The molecule has 3 heteroatoms. The van der Waals surface area contributed by atoms with Crippen molar-refractivity contribution in [2.45, 2.75) is 18.9 Å². The van der Waals surface area contributed by atoms with E-state index in [4.69, 9.17) is 5.73 Å². The summed E-state index contributed by atoms with van der Waals surface area (Å²) >= 11 is 0. The van der Waals surface area contributed by atoms with E-state index in [2.05, 4.69) is 29.6 Å². The minimum Gasteiger partial charge on any atom is -0.368 e. The highest BCUT2D eigenvalue weighted by Gasteiger charge is 2.42. The van der Waals surface area contributed by atoms with Crippen molar-refractivity contribution in [3.63, 3.8) is 0 Å². The predicted octanol–water partition coefficient (Wildman–Crippen LogP) is 0.336. The molecule has 0 bridgehead atoms. The smallest absolute Gasteiger partial charge is 0.235 e. The van der Waals surface area contributed by atoms with E-state index < -0.39 is 0 Å². The van der Waals surface area contributed by atoms with Crippen molar-refractivity contribution in [1.29, 1.82) is 0 Å². The molecule has 1 amide bonds.